The number of carboxylic acid groups (broad SMARTS) is 1. The van der Waals surface area contributed by atoms with Gasteiger partial charge in [0.2, 0.25) is 0 Å². The largest absolute Gasteiger partial charge is 0.481 e. The Kier molecular flexibility index (Phi) is 2.69. The third-order valence-electron chi connectivity index (χ3n) is 1.98. The van der Waals surface area contributed by atoms with E-state index in [1.807, 2.05) is 0 Å². The van der Waals surface area contributed by atoms with E-state index < -0.39 is 23.5 Å². The van der Waals surface area contributed by atoms with Gasteiger partial charge in [0.25, 0.3) is 0 Å². The van der Waals surface area contributed by atoms with Crippen molar-refractivity contribution in [3.8, 4) is 0 Å². The maximum absolute atomic E-state index is 13.2. The first-order valence-electron chi connectivity index (χ1n) is 3.91. The Bertz CT molecular complexity index is 379. The maximum Gasteiger partial charge on any atom is 0.310 e. The fourth-order valence-electron chi connectivity index (χ4n) is 1.05. The van der Waals surface area contributed by atoms with Crippen LogP contribution in [-0.4, -0.2) is 11.1 Å². The summed E-state index contributed by atoms with van der Waals surface area (Å²) in [6.07, 6.45) is 0. The zero-order valence-electron chi connectivity index (χ0n) is 7.42. The molecule has 5 heteroatoms. The molecule has 1 rings (SSSR count). The van der Waals surface area contributed by atoms with E-state index in [0.717, 1.165) is 6.07 Å². The van der Waals surface area contributed by atoms with E-state index in [2.05, 4.69) is 0 Å². The number of nitrogens with two attached hydrogens (primary N) is 1. The lowest BCUT2D eigenvalue weighted by atomic mass is 10.0. The molecule has 0 aliphatic rings. The molecule has 3 N–H and O–H groups in total. The number of hydrogen-bond donors (Lipinski definition) is 2. The standard InChI is InChI=1S/C9H9F2NO2/c1-4(9(13)14)5-2-3-6(12)8(11)7(5)10/h2-4H,12H2,1H3,(H,13,14)/t4-/m1/s1. The maximum atomic E-state index is 13.2. The molecule has 0 saturated heterocycles. The first-order chi connectivity index (χ1) is 6.45. The van der Waals surface area contributed by atoms with Gasteiger partial charge in [-0.2, -0.15) is 0 Å². The number of aliphatic carboxylic acids is 1. The van der Waals surface area contributed by atoms with E-state index in [0.29, 0.717) is 0 Å². The van der Waals surface area contributed by atoms with Crippen LogP contribution in [0.3, 0.4) is 0 Å². The van der Waals surface area contributed by atoms with Crippen LogP contribution in [0, 0.1) is 11.6 Å². The van der Waals surface area contributed by atoms with Crippen LogP contribution >= 0.6 is 0 Å². The summed E-state index contributed by atoms with van der Waals surface area (Å²) in [7, 11) is 0. The van der Waals surface area contributed by atoms with Crippen LogP contribution in [0.2, 0.25) is 0 Å². The van der Waals surface area contributed by atoms with Crippen LogP contribution < -0.4 is 5.73 Å². The number of benzene rings is 1. The third kappa shape index (κ3) is 1.66. The fourth-order valence-corrected chi connectivity index (χ4v) is 1.05. The molecule has 0 aliphatic carbocycles. The molecule has 0 amide bonds. The summed E-state index contributed by atoms with van der Waals surface area (Å²) in [5, 5.41) is 8.60. The third-order valence-corrected chi connectivity index (χ3v) is 1.98. The highest BCUT2D eigenvalue weighted by atomic mass is 19.2. The van der Waals surface area contributed by atoms with Crippen molar-refractivity contribution >= 4 is 11.7 Å². The average Bonchev–Trinajstić information content (AvgIpc) is 2.13. The van der Waals surface area contributed by atoms with Crippen molar-refractivity contribution < 1.29 is 18.7 Å². The minimum absolute atomic E-state index is 0.204. The summed E-state index contributed by atoms with van der Waals surface area (Å²) in [6, 6.07) is 2.32. The molecule has 0 aliphatic heterocycles. The van der Waals surface area contributed by atoms with Gasteiger partial charge in [0.15, 0.2) is 11.6 Å². The van der Waals surface area contributed by atoms with Gasteiger partial charge >= 0.3 is 5.97 Å². The van der Waals surface area contributed by atoms with Gasteiger partial charge < -0.3 is 10.8 Å². The number of nitrogen functional groups attached to an aromatic ring is 1. The van der Waals surface area contributed by atoms with Crippen LogP contribution in [0.1, 0.15) is 18.4 Å². The van der Waals surface area contributed by atoms with Crippen molar-refractivity contribution in [1.29, 1.82) is 0 Å². The second kappa shape index (κ2) is 3.61. The predicted molar refractivity (Wildman–Crippen MR) is 46.8 cm³/mol. The first kappa shape index (κ1) is 10.4. The normalized spacial score (nSPS) is 12.5. The zero-order chi connectivity index (χ0) is 10.9. The highest BCUT2D eigenvalue weighted by Gasteiger charge is 2.21. The summed E-state index contributed by atoms with van der Waals surface area (Å²) in [5.41, 5.74) is 4.57. The van der Waals surface area contributed by atoms with Gasteiger partial charge in [-0.1, -0.05) is 6.07 Å². The highest BCUT2D eigenvalue weighted by molar-refractivity contribution is 5.75. The average molecular weight is 201 g/mol. The Morgan fingerprint density at radius 2 is 2.00 bits per heavy atom. The lowest BCUT2D eigenvalue weighted by Gasteiger charge is -2.09. The lowest BCUT2D eigenvalue weighted by molar-refractivity contribution is -0.138. The molecule has 0 bridgehead atoms. The number of hydrogen-bond acceptors (Lipinski definition) is 2. The van der Waals surface area contributed by atoms with Crippen molar-refractivity contribution in [1.82, 2.24) is 0 Å². The molecular weight excluding hydrogens is 192 g/mol. The Labute approximate surface area is 79.2 Å². The molecule has 76 valence electrons. The van der Waals surface area contributed by atoms with Gasteiger partial charge in [-0.05, 0) is 13.0 Å². The van der Waals surface area contributed by atoms with Gasteiger partial charge in [0.05, 0.1) is 11.6 Å². The molecule has 0 fully saturated rings. The number of halogens is 2. The molecule has 0 spiro atoms. The lowest BCUT2D eigenvalue weighted by Crippen LogP contribution is -2.11. The second-order valence-electron chi connectivity index (χ2n) is 2.93. The SMILES string of the molecule is C[C@@H](C(=O)O)c1ccc(N)c(F)c1F. The fraction of sp³-hybridized carbons (Fsp3) is 0.222. The molecule has 0 unspecified atom stereocenters. The van der Waals surface area contributed by atoms with Gasteiger partial charge in [-0.25, -0.2) is 8.78 Å². The van der Waals surface area contributed by atoms with Crippen LogP contribution in [-0.2, 0) is 4.79 Å². The molecule has 0 heterocycles. The van der Waals surface area contributed by atoms with Crippen LogP contribution in [0.5, 0.6) is 0 Å². The molecule has 0 aromatic heterocycles. The number of carboxylic acids is 1. The molecule has 14 heavy (non-hydrogen) atoms. The van der Waals surface area contributed by atoms with E-state index in [-0.39, 0.29) is 11.3 Å². The van der Waals surface area contributed by atoms with E-state index in [9.17, 15) is 13.6 Å². The second-order valence-corrected chi connectivity index (χ2v) is 2.93. The Balaban J connectivity index is 3.24. The summed E-state index contributed by atoms with van der Waals surface area (Å²) in [4.78, 5) is 10.5. The number of anilines is 1. The summed E-state index contributed by atoms with van der Waals surface area (Å²) in [5.74, 6) is -4.70. The quantitative estimate of drug-likeness (QED) is 0.716. The minimum Gasteiger partial charge on any atom is -0.481 e. The summed E-state index contributed by atoms with van der Waals surface area (Å²) in [6.45, 7) is 1.27. The molecule has 0 radical (unpaired) electrons. The smallest absolute Gasteiger partial charge is 0.310 e. The van der Waals surface area contributed by atoms with Gasteiger partial charge in [0, 0.05) is 5.56 Å². The van der Waals surface area contributed by atoms with Crippen LogP contribution in [0.4, 0.5) is 14.5 Å². The summed E-state index contributed by atoms with van der Waals surface area (Å²) >= 11 is 0. The molecule has 1 atom stereocenters. The van der Waals surface area contributed by atoms with E-state index in [4.69, 9.17) is 10.8 Å². The summed E-state index contributed by atoms with van der Waals surface area (Å²) < 4.78 is 26.1. The van der Waals surface area contributed by atoms with E-state index >= 15 is 0 Å². The Morgan fingerprint density at radius 3 is 2.50 bits per heavy atom. The molecule has 0 saturated carbocycles. The van der Waals surface area contributed by atoms with Crippen molar-refractivity contribution in [2.45, 2.75) is 12.8 Å². The van der Waals surface area contributed by atoms with Gasteiger partial charge in [-0.15, -0.1) is 0 Å². The first-order valence-corrected chi connectivity index (χ1v) is 3.91. The van der Waals surface area contributed by atoms with E-state index in [1.54, 1.807) is 0 Å². The molecular formula is C9H9F2NO2. The van der Waals surface area contributed by atoms with Crippen molar-refractivity contribution in [2.75, 3.05) is 5.73 Å². The minimum atomic E-state index is -1.21. The van der Waals surface area contributed by atoms with Gasteiger partial charge in [-0.3, -0.25) is 4.79 Å². The highest BCUT2D eigenvalue weighted by Crippen LogP contribution is 2.24. The van der Waals surface area contributed by atoms with E-state index in [1.165, 1.54) is 13.0 Å². The molecule has 1 aromatic rings. The van der Waals surface area contributed by atoms with Crippen LogP contribution in [0.25, 0.3) is 0 Å². The number of carbonyl (C=O) groups is 1. The van der Waals surface area contributed by atoms with Crippen LogP contribution in [0.15, 0.2) is 12.1 Å². The topological polar surface area (TPSA) is 63.3 Å². The molecule has 1 aromatic carbocycles. The number of rotatable bonds is 2. The monoisotopic (exact) mass is 201 g/mol. The van der Waals surface area contributed by atoms with Crippen molar-refractivity contribution in [3.05, 3.63) is 29.3 Å². The molecule has 3 nitrogen and oxygen atoms in total. The Morgan fingerprint density at radius 1 is 1.43 bits per heavy atom. The van der Waals surface area contributed by atoms with Crippen molar-refractivity contribution in [3.63, 3.8) is 0 Å². The predicted octanol–water partition coefficient (Wildman–Crippen LogP) is 1.74. The zero-order valence-corrected chi connectivity index (χ0v) is 7.42. The van der Waals surface area contributed by atoms with Crippen molar-refractivity contribution in [2.24, 2.45) is 0 Å². The Hall–Kier alpha value is -1.65. The van der Waals surface area contributed by atoms with Gasteiger partial charge in [0.1, 0.15) is 0 Å².